The average Bonchev–Trinajstić information content (AvgIpc) is 2.62. The van der Waals surface area contributed by atoms with E-state index < -0.39 is 30.4 Å². The molecule has 1 heterocycles. The van der Waals surface area contributed by atoms with Crippen LogP contribution in [-0.4, -0.2) is 44.0 Å². The number of aromatic nitrogens is 2. The molecule has 0 fully saturated rings. The van der Waals surface area contributed by atoms with E-state index in [1.54, 1.807) is 7.05 Å². The Hall–Kier alpha value is -2.58. The van der Waals surface area contributed by atoms with Gasteiger partial charge in [-0.25, -0.2) is 9.59 Å². The molecular formula is C9H12N4O5. The summed E-state index contributed by atoms with van der Waals surface area (Å²) >= 11 is 0. The molecule has 0 aliphatic carbocycles. The van der Waals surface area contributed by atoms with Gasteiger partial charge < -0.3 is 20.8 Å². The number of nitrogens with zero attached hydrogens (tertiary/aromatic N) is 2. The fraction of sp³-hybridized carbons (Fsp3) is 0.333. The highest BCUT2D eigenvalue weighted by Gasteiger charge is 2.23. The molecule has 98 valence electrons. The zero-order valence-electron chi connectivity index (χ0n) is 9.45. The second kappa shape index (κ2) is 5.66. The van der Waals surface area contributed by atoms with Gasteiger partial charge in [-0.3, -0.25) is 9.48 Å². The van der Waals surface area contributed by atoms with Crippen molar-refractivity contribution < 1.29 is 24.6 Å². The van der Waals surface area contributed by atoms with Gasteiger partial charge in [-0.2, -0.15) is 5.10 Å². The molecule has 9 nitrogen and oxygen atoms in total. The van der Waals surface area contributed by atoms with E-state index in [-0.39, 0.29) is 0 Å². The van der Waals surface area contributed by atoms with Crippen LogP contribution in [0.2, 0.25) is 0 Å². The van der Waals surface area contributed by atoms with E-state index in [1.165, 1.54) is 17.1 Å². The number of urea groups is 1. The lowest BCUT2D eigenvalue weighted by atomic mass is 10.2. The van der Waals surface area contributed by atoms with Crippen LogP contribution < -0.4 is 10.6 Å². The van der Waals surface area contributed by atoms with E-state index in [9.17, 15) is 14.4 Å². The van der Waals surface area contributed by atoms with Crippen LogP contribution in [0.4, 0.5) is 10.5 Å². The van der Waals surface area contributed by atoms with Gasteiger partial charge in [0.1, 0.15) is 6.04 Å². The van der Waals surface area contributed by atoms with Crippen molar-refractivity contribution in [1.29, 1.82) is 0 Å². The lowest BCUT2D eigenvalue weighted by molar-refractivity contribution is -0.145. The van der Waals surface area contributed by atoms with E-state index in [0.717, 1.165) is 0 Å². The van der Waals surface area contributed by atoms with Crippen LogP contribution in [0, 0.1) is 0 Å². The number of nitrogens with one attached hydrogen (secondary N) is 2. The van der Waals surface area contributed by atoms with Gasteiger partial charge in [-0.1, -0.05) is 0 Å². The van der Waals surface area contributed by atoms with Crippen molar-refractivity contribution in [3.63, 3.8) is 0 Å². The number of carboxylic acids is 2. The largest absolute Gasteiger partial charge is 0.481 e. The van der Waals surface area contributed by atoms with Gasteiger partial charge in [0.15, 0.2) is 0 Å². The van der Waals surface area contributed by atoms with Crippen molar-refractivity contribution in [1.82, 2.24) is 15.1 Å². The van der Waals surface area contributed by atoms with Crippen LogP contribution in [0.5, 0.6) is 0 Å². The molecule has 2 amide bonds. The molecule has 1 atom stereocenters. The number of aliphatic carboxylic acids is 2. The molecule has 0 bridgehead atoms. The summed E-state index contributed by atoms with van der Waals surface area (Å²) in [6.07, 6.45) is 2.18. The Morgan fingerprint density at radius 1 is 1.44 bits per heavy atom. The minimum atomic E-state index is -1.49. The quantitative estimate of drug-likeness (QED) is 0.559. The SMILES string of the molecule is Cn1cc(NC(=O)N[C@@H](CC(=O)O)C(=O)O)cn1. The molecule has 4 N–H and O–H groups in total. The number of carbonyl (C=O) groups is 3. The lowest BCUT2D eigenvalue weighted by Gasteiger charge is -2.12. The monoisotopic (exact) mass is 256 g/mol. The normalized spacial score (nSPS) is 11.6. The van der Waals surface area contributed by atoms with Crippen molar-refractivity contribution in [3.05, 3.63) is 12.4 Å². The molecule has 1 aromatic heterocycles. The zero-order valence-corrected chi connectivity index (χ0v) is 9.45. The number of hydrogen-bond acceptors (Lipinski definition) is 4. The summed E-state index contributed by atoms with van der Waals surface area (Å²) in [6.45, 7) is 0. The summed E-state index contributed by atoms with van der Waals surface area (Å²) < 4.78 is 1.45. The highest BCUT2D eigenvalue weighted by molar-refractivity contribution is 5.93. The second-order valence-corrected chi connectivity index (χ2v) is 3.49. The molecule has 1 rings (SSSR count). The number of carbonyl (C=O) groups excluding carboxylic acids is 1. The van der Waals surface area contributed by atoms with Gasteiger partial charge in [0.05, 0.1) is 18.3 Å². The molecule has 0 aromatic carbocycles. The Labute approximate surface area is 101 Å². The van der Waals surface area contributed by atoms with Crippen LogP contribution in [0.3, 0.4) is 0 Å². The first kappa shape index (κ1) is 13.5. The Morgan fingerprint density at radius 3 is 2.56 bits per heavy atom. The smallest absolute Gasteiger partial charge is 0.326 e. The van der Waals surface area contributed by atoms with Gasteiger partial charge in [-0.05, 0) is 0 Å². The van der Waals surface area contributed by atoms with E-state index >= 15 is 0 Å². The number of amides is 2. The van der Waals surface area contributed by atoms with Crippen molar-refractivity contribution >= 4 is 23.7 Å². The lowest BCUT2D eigenvalue weighted by Crippen LogP contribution is -2.44. The van der Waals surface area contributed by atoms with Crippen molar-refractivity contribution in [2.75, 3.05) is 5.32 Å². The summed E-state index contributed by atoms with van der Waals surface area (Å²) in [4.78, 5) is 32.5. The maximum absolute atomic E-state index is 11.4. The number of anilines is 1. The van der Waals surface area contributed by atoms with Crippen LogP contribution in [-0.2, 0) is 16.6 Å². The summed E-state index contributed by atoms with van der Waals surface area (Å²) in [7, 11) is 1.65. The molecular weight excluding hydrogens is 244 g/mol. The maximum Gasteiger partial charge on any atom is 0.326 e. The fourth-order valence-corrected chi connectivity index (χ4v) is 1.19. The third-order valence-corrected chi connectivity index (χ3v) is 1.94. The molecule has 0 spiro atoms. The number of hydrogen-bond donors (Lipinski definition) is 4. The third-order valence-electron chi connectivity index (χ3n) is 1.94. The average molecular weight is 256 g/mol. The Bertz CT molecular complexity index is 469. The predicted molar refractivity (Wildman–Crippen MR) is 59.0 cm³/mol. The molecule has 0 aliphatic heterocycles. The molecule has 0 radical (unpaired) electrons. The van der Waals surface area contributed by atoms with Gasteiger partial charge in [0.2, 0.25) is 0 Å². The Kier molecular flexibility index (Phi) is 4.24. The van der Waals surface area contributed by atoms with Crippen LogP contribution >= 0.6 is 0 Å². The van der Waals surface area contributed by atoms with Crippen molar-refractivity contribution in [3.8, 4) is 0 Å². The first-order chi connectivity index (χ1) is 8.38. The maximum atomic E-state index is 11.4. The first-order valence-corrected chi connectivity index (χ1v) is 4.89. The molecule has 0 saturated carbocycles. The van der Waals surface area contributed by atoms with Crippen LogP contribution in [0.25, 0.3) is 0 Å². The van der Waals surface area contributed by atoms with E-state index in [2.05, 4.69) is 10.4 Å². The molecule has 0 unspecified atom stereocenters. The summed E-state index contributed by atoms with van der Waals surface area (Å²) in [5, 5.41) is 25.4. The van der Waals surface area contributed by atoms with E-state index in [0.29, 0.717) is 5.69 Å². The highest BCUT2D eigenvalue weighted by atomic mass is 16.4. The van der Waals surface area contributed by atoms with Gasteiger partial charge in [-0.15, -0.1) is 0 Å². The topological polar surface area (TPSA) is 134 Å². The first-order valence-electron chi connectivity index (χ1n) is 4.89. The summed E-state index contributed by atoms with van der Waals surface area (Å²) in [5.41, 5.74) is 0.370. The molecule has 1 aromatic rings. The summed E-state index contributed by atoms with van der Waals surface area (Å²) in [6, 6.07) is -2.30. The van der Waals surface area contributed by atoms with Crippen LogP contribution in [0.1, 0.15) is 6.42 Å². The van der Waals surface area contributed by atoms with E-state index in [4.69, 9.17) is 10.2 Å². The standard InChI is InChI=1S/C9H12N4O5/c1-13-4-5(3-10-13)11-9(18)12-6(8(16)17)2-7(14)15/h3-4,6H,2H2,1H3,(H,14,15)(H,16,17)(H2,11,12,18)/t6-/m0/s1. The minimum absolute atomic E-state index is 0.370. The molecule has 9 heteroatoms. The minimum Gasteiger partial charge on any atom is -0.481 e. The summed E-state index contributed by atoms with van der Waals surface area (Å²) in [5.74, 6) is -2.73. The van der Waals surface area contributed by atoms with Crippen molar-refractivity contribution in [2.45, 2.75) is 12.5 Å². The van der Waals surface area contributed by atoms with Gasteiger partial charge in [0, 0.05) is 13.2 Å². The Morgan fingerprint density at radius 2 is 2.11 bits per heavy atom. The fourth-order valence-electron chi connectivity index (χ4n) is 1.19. The molecule has 0 aliphatic rings. The third kappa shape index (κ3) is 4.12. The van der Waals surface area contributed by atoms with Crippen LogP contribution in [0.15, 0.2) is 12.4 Å². The highest BCUT2D eigenvalue weighted by Crippen LogP contribution is 2.03. The zero-order chi connectivity index (χ0) is 13.7. The number of aryl methyl sites for hydroxylation is 1. The molecule has 18 heavy (non-hydrogen) atoms. The number of rotatable bonds is 5. The van der Waals surface area contributed by atoms with Crippen molar-refractivity contribution in [2.24, 2.45) is 7.05 Å². The predicted octanol–water partition coefficient (Wildman–Crippen LogP) is -0.530. The van der Waals surface area contributed by atoms with Gasteiger partial charge in [0.25, 0.3) is 0 Å². The Balaban J connectivity index is 2.56. The second-order valence-electron chi connectivity index (χ2n) is 3.49. The number of carboxylic acid groups (broad SMARTS) is 2. The van der Waals surface area contributed by atoms with Gasteiger partial charge >= 0.3 is 18.0 Å². The molecule has 0 saturated heterocycles. The van der Waals surface area contributed by atoms with E-state index in [1.807, 2.05) is 5.32 Å².